The first-order valence-corrected chi connectivity index (χ1v) is 0. The van der Waals surface area contributed by atoms with E-state index >= 15 is 0 Å². The van der Waals surface area contributed by atoms with Crippen LogP contribution in [0.25, 0.3) is 0 Å². The fraction of sp³-hybridized carbons (Fsp3) is 0. The van der Waals surface area contributed by atoms with Crippen molar-refractivity contribution in [3.8, 4) is 0 Å². The molecule has 0 saturated carbocycles. The molecule has 4 heteroatoms. The molecule has 0 aromatic heterocycles. The van der Waals surface area contributed by atoms with E-state index in [1.54, 1.807) is 0 Å². The van der Waals surface area contributed by atoms with Crippen LogP contribution in [0.5, 0.6) is 0 Å². The van der Waals surface area contributed by atoms with E-state index in [9.17, 15) is 0 Å². The molecule has 0 nitrogen and oxygen atoms in total. The van der Waals surface area contributed by atoms with Crippen LogP contribution in [0.4, 0.5) is 0 Å². The van der Waals surface area contributed by atoms with Crippen molar-refractivity contribution in [3.05, 3.63) is 0 Å². The second-order valence-electron chi connectivity index (χ2n) is 0. The van der Waals surface area contributed by atoms with E-state index in [1.807, 2.05) is 0 Å². The Bertz CT molecular complexity index is 8.00. The van der Waals surface area contributed by atoms with Gasteiger partial charge in [-0.05, 0) is 0 Å². The first-order chi connectivity index (χ1) is 0. The predicted octanol–water partition coefficient (Wildman–Crippen LogP) is -0.0100. The molecule has 0 N–H and O–H groups in total. The summed E-state index contributed by atoms with van der Waals surface area (Å²) in [6.07, 6.45) is 0. The van der Waals surface area contributed by atoms with Crippen molar-refractivity contribution in [1.29, 1.82) is 0 Å². The topological polar surface area (TPSA) is 0 Å². The Kier molecular flexibility index (Phi) is 112. The van der Waals surface area contributed by atoms with Gasteiger partial charge in [-0.3, -0.25) is 0 Å². The summed E-state index contributed by atoms with van der Waals surface area (Å²) < 4.78 is 0. The van der Waals surface area contributed by atoms with E-state index in [0.717, 1.165) is 0 Å². The molecule has 0 aliphatic carbocycles. The SMILES string of the molecule is [Hf].[Mo].[Ti].[Zr]. The Hall–Kier alpha value is 3.16. The molecule has 0 aromatic carbocycles. The Balaban J connectivity index is 0. The van der Waals surface area contributed by atoms with Gasteiger partial charge in [-0.1, -0.05) is 0 Å². The summed E-state index contributed by atoms with van der Waals surface area (Å²) in [5, 5.41) is 0. The van der Waals surface area contributed by atoms with Crippen molar-refractivity contribution in [2.24, 2.45) is 0 Å². The Labute approximate surface area is 92.9 Å². The monoisotopic (exact) mass is 416 g/mol. The van der Waals surface area contributed by atoms with Crippen LogP contribution in [-0.2, 0) is 94.8 Å². The largest absolute Gasteiger partial charge is 0 e. The van der Waals surface area contributed by atoms with E-state index in [1.165, 1.54) is 0 Å². The Morgan fingerprint density at radius 3 is 1.00 bits per heavy atom. The predicted molar refractivity (Wildman–Crippen MR) is 0 cm³/mol. The molecule has 0 bridgehead atoms. The molecule has 0 radical (unpaired) electrons. The van der Waals surface area contributed by atoms with Gasteiger partial charge in [-0.25, -0.2) is 0 Å². The van der Waals surface area contributed by atoms with Crippen molar-refractivity contribution in [2.45, 2.75) is 0 Å². The van der Waals surface area contributed by atoms with Gasteiger partial charge in [0.2, 0.25) is 0 Å². The van der Waals surface area contributed by atoms with Gasteiger partial charge in [-0.15, -0.1) is 0 Å². The normalized spacial score (nSPS) is 0. The zero-order valence-corrected chi connectivity index (χ0v) is 11.5. The van der Waals surface area contributed by atoms with Crippen LogP contribution in [0.2, 0.25) is 0 Å². The first kappa shape index (κ1) is 27.2. The molecule has 18 valence electrons. The molecule has 0 saturated heterocycles. The molecule has 4 heavy (non-hydrogen) atoms. The Morgan fingerprint density at radius 1 is 1.00 bits per heavy atom. The van der Waals surface area contributed by atoms with Crippen LogP contribution in [0.1, 0.15) is 0 Å². The quantitative estimate of drug-likeness (QED) is 0.490. The minimum absolute atomic E-state index is 0. The van der Waals surface area contributed by atoms with Gasteiger partial charge in [0.15, 0.2) is 0 Å². The van der Waals surface area contributed by atoms with Gasteiger partial charge >= 0.3 is 0 Å². The summed E-state index contributed by atoms with van der Waals surface area (Å²) in [6.45, 7) is 0. The molecule has 0 unspecified atom stereocenters. The molecule has 0 aromatic rings. The van der Waals surface area contributed by atoms with Crippen LogP contribution in [-0.4, -0.2) is 0 Å². The van der Waals surface area contributed by atoms with E-state index < -0.39 is 0 Å². The third-order valence-electron chi connectivity index (χ3n) is 0. The van der Waals surface area contributed by atoms with Crippen LogP contribution >= 0.6 is 0 Å². The van der Waals surface area contributed by atoms with Crippen molar-refractivity contribution in [1.82, 2.24) is 0 Å². The summed E-state index contributed by atoms with van der Waals surface area (Å²) in [7, 11) is 0. The molecule has 0 rings (SSSR count). The Morgan fingerprint density at radius 2 is 1.00 bits per heavy atom. The number of hydrogen-bond donors (Lipinski definition) is 0. The average Bonchev–Trinajstić information content (AvgIpc) is 0. The van der Waals surface area contributed by atoms with Crippen LogP contribution in [0, 0.1) is 0 Å². The third-order valence-corrected chi connectivity index (χ3v) is 0. The average molecular weight is 414 g/mol. The summed E-state index contributed by atoms with van der Waals surface area (Å²) >= 11 is 0. The minimum Gasteiger partial charge on any atom is 0 e. The van der Waals surface area contributed by atoms with Crippen molar-refractivity contribution in [3.63, 3.8) is 0 Å². The van der Waals surface area contributed by atoms with Gasteiger partial charge in [0.1, 0.15) is 0 Å². The molecular formula is HfMoTiZr. The van der Waals surface area contributed by atoms with Crippen molar-refractivity contribution in [2.75, 3.05) is 0 Å². The first-order valence-electron chi connectivity index (χ1n) is 0. The van der Waals surface area contributed by atoms with Crippen molar-refractivity contribution < 1.29 is 94.8 Å². The summed E-state index contributed by atoms with van der Waals surface area (Å²) in [5.41, 5.74) is 0. The molecule has 0 heterocycles. The maximum absolute atomic E-state index is 0. The molecule has 0 aliphatic rings. The maximum atomic E-state index is 0. The fourth-order valence-electron chi connectivity index (χ4n) is 0. The summed E-state index contributed by atoms with van der Waals surface area (Å²) in [4.78, 5) is 0. The second-order valence-corrected chi connectivity index (χ2v) is 0. The molecule has 0 aliphatic heterocycles. The van der Waals surface area contributed by atoms with Gasteiger partial charge in [-0.2, -0.15) is 0 Å². The molecule has 0 fully saturated rings. The fourth-order valence-corrected chi connectivity index (χ4v) is 0. The van der Waals surface area contributed by atoms with Crippen LogP contribution in [0.3, 0.4) is 0 Å². The van der Waals surface area contributed by atoms with Crippen molar-refractivity contribution >= 4 is 0 Å². The smallest absolute Gasteiger partial charge is 0 e. The van der Waals surface area contributed by atoms with E-state index in [2.05, 4.69) is 0 Å². The second kappa shape index (κ2) is 16.4. The number of hydrogen-bond acceptors (Lipinski definition) is 0. The van der Waals surface area contributed by atoms with Gasteiger partial charge in [0, 0.05) is 94.8 Å². The number of rotatable bonds is 0. The minimum atomic E-state index is 0. The molecule has 0 amide bonds. The zero-order valence-electron chi connectivity index (χ0n) is 1.91. The molecular weight excluding hydrogens is 414 g/mol. The van der Waals surface area contributed by atoms with E-state index in [-0.39, 0.29) is 94.8 Å². The molecule has 0 spiro atoms. The van der Waals surface area contributed by atoms with Gasteiger partial charge in [0.05, 0.1) is 0 Å². The summed E-state index contributed by atoms with van der Waals surface area (Å²) in [5.74, 6) is 0. The zero-order chi connectivity index (χ0) is 0. The summed E-state index contributed by atoms with van der Waals surface area (Å²) in [6, 6.07) is 0. The van der Waals surface area contributed by atoms with E-state index in [4.69, 9.17) is 0 Å². The van der Waals surface area contributed by atoms with Crippen LogP contribution < -0.4 is 0 Å². The third kappa shape index (κ3) is 8.94. The van der Waals surface area contributed by atoms with Crippen LogP contribution in [0.15, 0.2) is 0 Å². The maximum Gasteiger partial charge on any atom is 0 e. The standard InChI is InChI=1S/Hf.Mo.Ti.Zr. The molecule has 0 atom stereocenters. The van der Waals surface area contributed by atoms with Gasteiger partial charge < -0.3 is 0 Å². The van der Waals surface area contributed by atoms with E-state index in [0.29, 0.717) is 0 Å². The van der Waals surface area contributed by atoms with Gasteiger partial charge in [0.25, 0.3) is 0 Å².